The van der Waals surface area contributed by atoms with Crippen LogP contribution in [0.25, 0.3) is 11.3 Å². The average Bonchev–Trinajstić information content (AvgIpc) is 3.37. The lowest BCUT2D eigenvalue weighted by Crippen LogP contribution is -2.15. The van der Waals surface area contributed by atoms with Gasteiger partial charge in [0.2, 0.25) is 5.91 Å². The molecule has 0 saturated heterocycles. The number of carbonyl (C=O) groups is 1. The molecule has 8 nitrogen and oxygen atoms in total. The molecular formula is C20H17N3O5S. The molecule has 0 fully saturated rings. The van der Waals surface area contributed by atoms with Gasteiger partial charge in [-0.05, 0) is 35.9 Å². The normalized spacial score (nSPS) is 12.1. The molecular weight excluding hydrogens is 394 g/mol. The van der Waals surface area contributed by atoms with Gasteiger partial charge in [0.15, 0.2) is 5.13 Å². The number of thiazole rings is 1. The summed E-state index contributed by atoms with van der Waals surface area (Å²) in [4.78, 5) is 26.8. The maximum atomic E-state index is 12.1. The summed E-state index contributed by atoms with van der Waals surface area (Å²) in [5.41, 5.74) is 2.96. The molecule has 0 unspecified atom stereocenters. The fourth-order valence-corrected chi connectivity index (χ4v) is 3.65. The van der Waals surface area contributed by atoms with Crippen LogP contribution in [-0.4, -0.2) is 29.0 Å². The number of nitrogens with zero attached hydrogens (tertiary/aromatic N) is 2. The van der Waals surface area contributed by atoms with E-state index >= 15 is 0 Å². The Hall–Kier alpha value is -3.46. The molecule has 4 rings (SSSR count). The van der Waals surface area contributed by atoms with Gasteiger partial charge in [-0.25, -0.2) is 4.98 Å². The zero-order valence-corrected chi connectivity index (χ0v) is 16.1. The highest BCUT2D eigenvalue weighted by Gasteiger charge is 2.14. The Labute approximate surface area is 170 Å². The SMILES string of the molecule is O=C(CCOc1ccc([N+](=O)[O-])cc1)Nc1nc(-c2ccc3c(c2)CCO3)cs1. The number of hydrogen-bond acceptors (Lipinski definition) is 7. The van der Waals surface area contributed by atoms with E-state index in [-0.39, 0.29) is 24.6 Å². The smallest absolute Gasteiger partial charge is 0.269 e. The molecule has 1 aliphatic heterocycles. The zero-order chi connectivity index (χ0) is 20.2. The van der Waals surface area contributed by atoms with Gasteiger partial charge >= 0.3 is 0 Å². The first kappa shape index (κ1) is 18.9. The number of nitro benzene ring substituents is 1. The van der Waals surface area contributed by atoms with Crippen molar-refractivity contribution in [3.63, 3.8) is 0 Å². The van der Waals surface area contributed by atoms with Crippen LogP contribution in [0.5, 0.6) is 11.5 Å². The zero-order valence-electron chi connectivity index (χ0n) is 15.3. The molecule has 0 bridgehead atoms. The maximum Gasteiger partial charge on any atom is 0.269 e. The molecule has 9 heteroatoms. The van der Waals surface area contributed by atoms with Gasteiger partial charge in [-0.1, -0.05) is 0 Å². The molecule has 0 aliphatic carbocycles. The molecule has 0 saturated carbocycles. The van der Waals surface area contributed by atoms with Crippen molar-refractivity contribution in [2.24, 2.45) is 0 Å². The molecule has 1 aromatic heterocycles. The fourth-order valence-electron chi connectivity index (χ4n) is 2.92. The Bertz CT molecular complexity index is 1050. The Morgan fingerprint density at radius 3 is 2.90 bits per heavy atom. The van der Waals surface area contributed by atoms with Crippen molar-refractivity contribution in [1.82, 2.24) is 4.98 Å². The number of anilines is 1. The lowest BCUT2D eigenvalue weighted by atomic mass is 10.1. The number of carbonyl (C=O) groups excluding carboxylic acids is 1. The number of aromatic nitrogens is 1. The predicted molar refractivity (Wildman–Crippen MR) is 109 cm³/mol. The van der Waals surface area contributed by atoms with Crippen molar-refractivity contribution in [3.8, 4) is 22.8 Å². The number of nitrogens with one attached hydrogen (secondary N) is 1. The van der Waals surface area contributed by atoms with E-state index < -0.39 is 4.92 Å². The third-order valence-corrected chi connectivity index (χ3v) is 5.14. The summed E-state index contributed by atoms with van der Waals surface area (Å²) >= 11 is 1.36. The van der Waals surface area contributed by atoms with Crippen LogP contribution in [0.15, 0.2) is 47.8 Å². The third kappa shape index (κ3) is 4.52. The lowest BCUT2D eigenvalue weighted by Gasteiger charge is -2.05. The third-order valence-electron chi connectivity index (χ3n) is 4.38. The number of rotatable bonds is 7. The Kier molecular flexibility index (Phi) is 5.39. The van der Waals surface area contributed by atoms with E-state index in [9.17, 15) is 14.9 Å². The summed E-state index contributed by atoms with van der Waals surface area (Å²) in [7, 11) is 0. The number of ether oxygens (including phenoxy) is 2. The highest BCUT2D eigenvalue weighted by Crippen LogP contribution is 2.32. The largest absolute Gasteiger partial charge is 0.493 e. The molecule has 3 aromatic rings. The highest BCUT2D eigenvalue weighted by atomic mass is 32.1. The van der Waals surface area contributed by atoms with E-state index in [1.807, 2.05) is 17.5 Å². The number of non-ortho nitro benzene ring substituents is 1. The number of fused-ring (bicyclic) bond motifs is 1. The van der Waals surface area contributed by atoms with E-state index in [4.69, 9.17) is 9.47 Å². The minimum absolute atomic E-state index is 0.00874. The van der Waals surface area contributed by atoms with Gasteiger partial charge in [-0.3, -0.25) is 14.9 Å². The highest BCUT2D eigenvalue weighted by molar-refractivity contribution is 7.14. The fraction of sp³-hybridized carbons (Fsp3) is 0.200. The van der Waals surface area contributed by atoms with Crippen LogP contribution in [0, 0.1) is 10.1 Å². The molecule has 2 heterocycles. The summed E-state index contributed by atoms with van der Waals surface area (Å²) < 4.78 is 11.0. The van der Waals surface area contributed by atoms with Gasteiger partial charge in [0, 0.05) is 29.5 Å². The molecule has 1 amide bonds. The standard InChI is InChI=1S/C20H17N3O5S/c24-19(8-10-27-16-4-2-15(3-5-16)23(25)26)22-20-21-17(12-29-20)13-1-6-18-14(11-13)7-9-28-18/h1-6,11-12H,7-10H2,(H,21,22,24). The van der Waals surface area contributed by atoms with E-state index in [1.165, 1.54) is 41.2 Å². The maximum absolute atomic E-state index is 12.1. The predicted octanol–water partition coefficient (Wildman–Crippen LogP) is 4.06. The van der Waals surface area contributed by atoms with Crippen LogP contribution in [-0.2, 0) is 11.2 Å². The van der Waals surface area contributed by atoms with Gasteiger partial charge in [0.05, 0.1) is 30.3 Å². The first-order valence-corrected chi connectivity index (χ1v) is 9.85. The molecule has 0 atom stereocenters. The summed E-state index contributed by atoms with van der Waals surface area (Å²) in [5.74, 6) is 1.18. The first-order valence-electron chi connectivity index (χ1n) is 8.97. The van der Waals surface area contributed by atoms with Crippen LogP contribution in [0.2, 0.25) is 0 Å². The minimum Gasteiger partial charge on any atom is -0.493 e. The van der Waals surface area contributed by atoms with E-state index in [1.54, 1.807) is 0 Å². The van der Waals surface area contributed by atoms with Crippen LogP contribution in [0.4, 0.5) is 10.8 Å². The molecule has 0 spiro atoms. The van der Waals surface area contributed by atoms with Crippen molar-refractivity contribution in [1.29, 1.82) is 0 Å². The lowest BCUT2D eigenvalue weighted by molar-refractivity contribution is -0.384. The van der Waals surface area contributed by atoms with Crippen molar-refractivity contribution < 1.29 is 19.2 Å². The summed E-state index contributed by atoms with van der Waals surface area (Å²) in [6.45, 7) is 0.867. The van der Waals surface area contributed by atoms with Crippen molar-refractivity contribution in [2.45, 2.75) is 12.8 Å². The number of benzene rings is 2. The Balaban J connectivity index is 1.28. The summed E-state index contributed by atoms with van der Waals surface area (Å²) in [6.07, 6.45) is 1.04. The monoisotopic (exact) mass is 411 g/mol. The van der Waals surface area contributed by atoms with Crippen molar-refractivity contribution >= 4 is 28.1 Å². The second-order valence-electron chi connectivity index (χ2n) is 6.36. The number of hydrogen-bond donors (Lipinski definition) is 1. The average molecular weight is 411 g/mol. The van der Waals surface area contributed by atoms with Gasteiger partial charge in [0.1, 0.15) is 11.5 Å². The van der Waals surface area contributed by atoms with Gasteiger partial charge in [-0.2, -0.15) is 0 Å². The molecule has 1 aliphatic rings. The molecule has 1 N–H and O–H groups in total. The van der Waals surface area contributed by atoms with E-state index in [0.717, 1.165) is 23.4 Å². The number of nitro groups is 1. The second-order valence-corrected chi connectivity index (χ2v) is 7.21. The molecule has 0 radical (unpaired) electrons. The van der Waals surface area contributed by atoms with Gasteiger partial charge in [0.25, 0.3) is 5.69 Å². The van der Waals surface area contributed by atoms with Crippen LogP contribution >= 0.6 is 11.3 Å². The quantitative estimate of drug-likeness (QED) is 0.464. The number of amides is 1. The summed E-state index contributed by atoms with van der Waals surface area (Å²) in [5, 5.41) is 15.8. The van der Waals surface area contributed by atoms with Crippen molar-refractivity contribution in [2.75, 3.05) is 18.5 Å². The van der Waals surface area contributed by atoms with E-state index in [0.29, 0.717) is 17.5 Å². The molecule has 29 heavy (non-hydrogen) atoms. The van der Waals surface area contributed by atoms with Gasteiger partial charge < -0.3 is 14.8 Å². The molecule has 148 valence electrons. The minimum atomic E-state index is -0.476. The van der Waals surface area contributed by atoms with Crippen molar-refractivity contribution in [3.05, 3.63) is 63.5 Å². The van der Waals surface area contributed by atoms with Crippen LogP contribution < -0.4 is 14.8 Å². The first-order chi connectivity index (χ1) is 14.1. The molecule has 2 aromatic carbocycles. The second kappa shape index (κ2) is 8.27. The van der Waals surface area contributed by atoms with Gasteiger partial charge in [-0.15, -0.1) is 11.3 Å². The Morgan fingerprint density at radius 2 is 2.10 bits per heavy atom. The summed E-state index contributed by atoms with van der Waals surface area (Å²) in [6, 6.07) is 11.7. The van der Waals surface area contributed by atoms with Crippen LogP contribution in [0.1, 0.15) is 12.0 Å². The van der Waals surface area contributed by atoms with E-state index in [2.05, 4.69) is 16.4 Å². The topological polar surface area (TPSA) is 104 Å². The Morgan fingerprint density at radius 1 is 1.28 bits per heavy atom. The van der Waals surface area contributed by atoms with Crippen LogP contribution in [0.3, 0.4) is 0 Å².